The first-order valence-corrected chi connectivity index (χ1v) is 18.2. The second kappa shape index (κ2) is 17.9. The van der Waals surface area contributed by atoms with Crippen LogP contribution in [0.25, 0.3) is 0 Å². The van der Waals surface area contributed by atoms with E-state index in [1.165, 1.54) is 45.6 Å². The van der Waals surface area contributed by atoms with Crippen molar-refractivity contribution >= 4 is 6.88 Å². The standard InChI is InChI=1S/2C13H21.2C6H5.Si.Zr/c2*1-12(2,3)10-8-7-9-11(10)13(4,5)6;2*1-2-4-6-5-3-1;;/h2*7-9H,1-6H3;2*1-5H;;/q4*-1;;. The number of rotatable bonds is 0. The van der Waals surface area contributed by atoms with Crippen molar-refractivity contribution in [2.75, 3.05) is 0 Å². The van der Waals surface area contributed by atoms with Crippen molar-refractivity contribution in [2.24, 2.45) is 0 Å². The average molecular weight is 628 g/mol. The van der Waals surface area contributed by atoms with Crippen molar-refractivity contribution in [3.63, 3.8) is 0 Å². The first-order valence-electron chi connectivity index (χ1n) is 14.1. The Morgan fingerprint density at radius 3 is 0.875 bits per heavy atom. The number of benzene rings is 2. The molecule has 0 saturated heterocycles. The molecule has 0 aliphatic carbocycles. The van der Waals surface area contributed by atoms with E-state index in [1.807, 2.05) is 60.7 Å². The Morgan fingerprint density at radius 1 is 0.475 bits per heavy atom. The average Bonchev–Trinajstić information content (AvgIpc) is 3.59. The molecule has 4 aromatic carbocycles. The Balaban J connectivity index is 0.000000523. The van der Waals surface area contributed by atoms with E-state index in [0.29, 0.717) is 0 Å². The monoisotopic (exact) mass is 626 g/mol. The fourth-order valence-corrected chi connectivity index (χ4v) is 4.14. The summed E-state index contributed by atoms with van der Waals surface area (Å²) in [4.78, 5) is 0. The van der Waals surface area contributed by atoms with Gasteiger partial charge in [-0.25, -0.2) is 24.3 Å². The van der Waals surface area contributed by atoms with E-state index >= 15 is 0 Å². The van der Waals surface area contributed by atoms with Crippen LogP contribution < -0.4 is 0 Å². The summed E-state index contributed by atoms with van der Waals surface area (Å²) in [6.07, 6.45) is 0. The zero-order valence-corrected chi connectivity index (χ0v) is 30.7. The van der Waals surface area contributed by atoms with Gasteiger partial charge in [-0.15, -0.1) is 11.1 Å². The molecule has 0 amide bonds. The molecule has 0 saturated carbocycles. The summed E-state index contributed by atoms with van der Waals surface area (Å²) in [5, 5.41) is 0. The Kier molecular flexibility index (Phi) is 17.1. The third-order valence-corrected chi connectivity index (χ3v) is 6.08. The molecule has 0 fully saturated rings. The zero-order valence-electron chi connectivity index (χ0n) is 27.2. The van der Waals surface area contributed by atoms with E-state index in [1.54, 1.807) is 0 Å². The van der Waals surface area contributed by atoms with Gasteiger partial charge < -0.3 is 0 Å². The molecule has 0 aromatic heterocycles. The molecule has 216 valence electrons. The minimum Gasteiger partial charge on any atom is -0.184 e. The SMILES string of the molecule is CC(C)(C)c1ccc[c-]1C(C)(C)C.CC(C)(C)c1ccc[c-]1C(C)(C)C.[Si]=[Zr].[c-]1ccccc1.[c-]1ccccc1. The topological polar surface area (TPSA) is 0 Å². The molecule has 0 aliphatic heterocycles. The van der Waals surface area contributed by atoms with E-state index < -0.39 is 0 Å². The molecule has 2 radical (unpaired) electrons. The van der Waals surface area contributed by atoms with Crippen molar-refractivity contribution in [2.45, 2.75) is 105 Å². The van der Waals surface area contributed by atoms with Gasteiger partial charge in [-0.3, -0.25) is 0 Å². The molecule has 0 N–H and O–H groups in total. The fraction of sp³-hybridized carbons (Fsp3) is 0.421. The Labute approximate surface area is 265 Å². The maximum Gasteiger partial charge on any atom is -0.171 e. The van der Waals surface area contributed by atoms with Crippen LogP contribution in [0.1, 0.15) is 105 Å². The summed E-state index contributed by atoms with van der Waals surface area (Å²) in [5.41, 5.74) is 7.02. The molecule has 40 heavy (non-hydrogen) atoms. The van der Waals surface area contributed by atoms with Crippen LogP contribution in [0.3, 0.4) is 0 Å². The molecule has 0 heterocycles. The van der Waals surface area contributed by atoms with Gasteiger partial charge in [-0.05, 0) is 10.8 Å². The fourth-order valence-electron chi connectivity index (χ4n) is 4.14. The van der Waals surface area contributed by atoms with Crippen molar-refractivity contribution < 1.29 is 23.3 Å². The summed E-state index contributed by atoms with van der Waals surface area (Å²) < 4.78 is 0. The van der Waals surface area contributed by atoms with Crippen LogP contribution in [-0.2, 0) is 45.0 Å². The maximum absolute atomic E-state index is 3.06. The molecule has 0 nitrogen and oxygen atoms in total. The van der Waals surface area contributed by atoms with E-state index in [9.17, 15) is 0 Å². The van der Waals surface area contributed by atoms with Crippen molar-refractivity contribution in [3.05, 3.63) is 131 Å². The van der Waals surface area contributed by atoms with Gasteiger partial charge in [-0.1, -0.05) is 93.9 Å². The van der Waals surface area contributed by atoms with Gasteiger partial charge in [0.2, 0.25) is 0 Å². The molecular weight excluding hydrogens is 576 g/mol. The minimum atomic E-state index is 0.270. The smallest absolute Gasteiger partial charge is 0.171 e. The van der Waals surface area contributed by atoms with Crippen molar-refractivity contribution in [3.8, 4) is 0 Å². The molecule has 4 aromatic rings. The normalized spacial score (nSPS) is 11.2. The number of hydrogen-bond donors (Lipinski definition) is 0. The van der Waals surface area contributed by atoms with Gasteiger partial charge in [0.15, 0.2) is 0 Å². The molecule has 0 unspecified atom stereocenters. The van der Waals surface area contributed by atoms with Gasteiger partial charge in [-0.2, -0.15) is 96.1 Å². The van der Waals surface area contributed by atoms with Gasteiger partial charge in [0.25, 0.3) is 0 Å². The predicted octanol–water partition coefficient (Wildman–Crippen LogP) is 10.6. The van der Waals surface area contributed by atoms with Crippen LogP contribution >= 0.6 is 0 Å². The Morgan fingerprint density at radius 2 is 0.750 bits per heavy atom. The largest absolute Gasteiger partial charge is 0.184 e. The van der Waals surface area contributed by atoms with Crippen LogP contribution in [0.4, 0.5) is 0 Å². The van der Waals surface area contributed by atoms with E-state index in [0.717, 1.165) is 0 Å². The summed E-state index contributed by atoms with van der Waals surface area (Å²) in [7, 11) is 0. The van der Waals surface area contributed by atoms with E-state index in [2.05, 4.69) is 138 Å². The first kappa shape index (κ1) is 38.2. The van der Waals surface area contributed by atoms with Crippen molar-refractivity contribution in [1.29, 1.82) is 0 Å². The summed E-state index contributed by atoms with van der Waals surface area (Å²) >= 11 is 1.36. The number of hydrogen-bond acceptors (Lipinski definition) is 0. The molecule has 2 heteroatoms. The Bertz CT molecular complexity index is 934. The minimum absolute atomic E-state index is 0.270. The maximum atomic E-state index is 3.06. The molecular formula is C38H52SiZr-4. The second-order valence-electron chi connectivity index (χ2n) is 13.9. The summed E-state index contributed by atoms with van der Waals surface area (Å²) in [5.74, 6) is 0. The van der Waals surface area contributed by atoms with E-state index in [-0.39, 0.29) is 21.7 Å². The second-order valence-corrected chi connectivity index (χ2v) is 13.9. The van der Waals surface area contributed by atoms with Crippen LogP contribution in [0.5, 0.6) is 0 Å². The summed E-state index contributed by atoms with van der Waals surface area (Å²) in [6.45, 7) is 30.4. The van der Waals surface area contributed by atoms with Gasteiger partial charge >= 0.3 is 30.2 Å². The zero-order chi connectivity index (χ0) is 31.0. The van der Waals surface area contributed by atoms with Crippen LogP contribution in [0.15, 0.2) is 97.1 Å². The van der Waals surface area contributed by atoms with Gasteiger partial charge in [0.05, 0.1) is 0 Å². The summed E-state index contributed by atoms with van der Waals surface area (Å²) in [6, 6.07) is 38.3. The molecule has 0 spiro atoms. The van der Waals surface area contributed by atoms with Crippen LogP contribution in [0.2, 0.25) is 0 Å². The quantitative estimate of drug-likeness (QED) is 0.134. The third-order valence-electron chi connectivity index (χ3n) is 6.08. The third kappa shape index (κ3) is 15.3. The van der Waals surface area contributed by atoms with Crippen LogP contribution in [-0.4, -0.2) is 6.88 Å². The molecule has 0 bridgehead atoms. The van der Waals surface area contributed by atoms with Crippen molar-refractivity contribution in [1.82, 2.24) is 0 Å². The van der Waals surface area contributed by atoms with Gasteiger partial charge in [0, 0.05) is 0 Å². The molecule has 4 rings (SSSR count). The first-order chi connectivity index (χ1) is 18.5. The molecule has 0 atom stereocenters. The van der Waals surface area contributed by atoms with E-state index in [4.69, 9.17) is 0 Å². The Hall–Kier alpha value is -1.76. The van der Waals surface area contributed by atoms with Gasteiger partial charge in [0.1, 0.15) is 0 Å². The predicted molar refractivity (Wildman–Crippen MR) is 175 cm³/mol. The van der Waals surface area contributed by atoms with Crippen LogP contribution in [0, 0.1) is 12.1 Å². The molecule has 0 aliphatic rings.